The number of hydrogen-bond acceptors (Lipinski definition) is 4. The molecule has 0 saturated carbocycles. The second-order valence-electron chi connectivity index (χ2n) is 5.94. The first-order valence-electron chi connectivity index (χ1n) is 8.07. The van der Waals surface area contributed by atoms with Gasteiger partial charge in [-0.2, -0.15) is 0 Å². The number of carbonyl (C=O) groups is 3. The number of carbonyl (C=O) groups excluding carboxylic acids is 3. The van der Waals surface area contributed by atoms with Crippen LogP contribution in [-0.2, 0) is 9.59 Å². The van der Waals surface area contributed by atoms with E-state index in [0.717, 1.165) is 5.69 Å². The van der Waals surface area contributed by atoms with Gasteiger partial charge >= 0.3 is 6.03 Å². The van der Waals surface area contributed by atoms with E-state index in [1.165, 1.54) is 0 Å². The van der Waals surface area contributed by atoms with E-state index < -0.39 is 18.0 Å². The van der Waals surface area contributed by atoms with Crippen molar-refractivity contribution in [3.8, 4) is 0 Å². The van der Waals surface area contributed by atoms with Gasteiger partial charge in [-0.3, -0.25) is 14.9 Å². The van der Waals surface area contributed by atoms with Crippen molar-refractivity contribution in [1.82, 2.24) is 10.6 Å². The van der Waals surface area contributed by atoms with E-state index in [4.69, 9.17) is 0 Å². The SMILES string of the molecule is CCNC(=O)NC(=O)C(C)Nc1ccc(NC(=O)CC(C)C)cc1. The largest absolute Gasteiger partial charge is 0.374 e. The quantitative estimate of drug-likeness (QED) is 0.615. The third kappa shape index (κ3) is 7.13. The number of anilines is 2. The molecule has 0 aliphatic rings. The van der Waals surface area contributed by atoms with Crippen molar-refractivity contribution in [3.63, 3.8) is 0 Å². The Morgan fingerprint density at radius 2 is 1.58 bits per heavy atom. The van der Waals surface area contributed by atoms with Crippen LogP contribution in [0.2, 0.25) is 0 Å². The molecule has 0 spiro atoms. The van der Waals surface area contributed by atoms with Gasteiger partial charge in [0.25, 0.3) is 0 Å². The lowest BCUT2D eigenvalue weighted by Crippen LogP contribution is -2.45. The second-order valence-corrected chi connectivity index (χ2v) is 5.94. The summed E-state index contributed by atoms with van der Waals surface area (Å²) in [5.41, 5.74) is 1.42. The molecule has 1 aromatic rings. The lowest BCUT2D eigenvalue weighted by molar-refractivity contribution is -0.120. The van der Waals surface area contributed by atoms with Crippen LogP contribution in [0.3, 0.4) is 0 Å². The number of urea groups is 1. The highest BCUT2D eigenvalue weighted by molar-refractivity contribution is 5.98. The third-order valence-corrected chi connectivity index (χ3v) is 3.11. The van der Waals surface area contributed by atoms with Gasteiger partial charge in [-0.05, 0) is 44.0 Å². The molecule has 132 valence electrons. The fraction of sp³-hybridized carbons (Fsp3) is 0.471. The van der Waals surface area contributed by atoms with E-state index in [-0.39, 0.29) is 5.91 Å². The van der Waals surface area contributed by atoms with Crippen molar-refractivity contribution in [3.05, 3.63) is 24.3 Å². The Hall–Kier alpha value is -2.57. The Morgan fingerprint density at radius 1 is 1.00 bits per heavy atom. The van der Waals surface area contributed by atoms with Gasteiger partial charge in [-0.25, -0.2) is 4.79 Å². The van der Waals surface area contributed by atoms with E-state index in [2.05, 4.69) is 21.3 Å². The van der Waals surface area contributed by atoms with E-state index >= 15 is 0 Å². The first-order valence-corrected chi connectivity index (χ1v) is 8.07. The molecule has 0 heterocycles. The first kappa shape index (κ1) is 19.5. The third-order valence-electron chi connectivity index (χ3n) is 3.11. The summed E-state index contributed by atoms with van der Waals surface area (Å²) in [6.07, 6.45) is 0.469. The minimum Gasteiger partial charge on any atom is -0.374 e. The number of imide groups is 1. The Morgan fingerprint density at radius 3 is 2.12 bits per heavy atom. The summed E-state index contributed by atoms with van der Waals surface area (Å²) in [6, 6.07) is 5.96. The molecule has 0 saturated heterocycles. The molecule has 1 rings (SSSR count). The van der Waals surface area contributed by atoms with Gasteiger partial charge in [0.1, 0.15) is 6.04 Å². The molecule has 0 aliphatic heterocycles. The van der Waals surface area contributed by atoms with Crippen molar-refractivity contribution < 1.29 is 14.4 Å². The number of rotatable bonds is 7. The summed E-state index contributed by atoms with van der Waals surface area (Å²) in [5.74, 6) is -0.147. The minimum absolute atomic E-state index is 0.0274. The zero-order valence-electron chi connectivity index (χ0n) is 14.6. The van der Waals surface area contributed by atoms with Crippen LogP contribution < -0.4 is 21.3 Å². The van der Waals surface area contributed by atoms with Crippen LogP contribution in [0.1, 0.15) is 34.1 Å². The van der Waals surface area contributed by atoms with Crippen molar-refractivity contribution in [2.45, 2.75) is 40.2 Å². The molecule has 24 heavy (non-hydrogen) atoms. The van der Waals surface area contributed by atoms with Crippen LogP contribution in [0.25, 0.3) is 0 Å². The van der Waals surface area contributed by atoms with E-state index in [1.54, 1.807) is 38.1 Å². The van der Waals surface area contributed by atoms with Crippen LogP contribution in [-0.4, -0.2) is 30.4 Å². The first-order chi connectivity index (χ1) is 11.3. The van der Waals surface area contributed by atoms with Crippen LogP contribution in [0.5, 0.6) is 0 Å². The summed E-state index contributed by atoms with van der Waals surface area (Å²) in [5, 5.41) is 10.6. The van der Waals surface area contributed by atoms with Gasteiger partial charge in [0.15, 0.2) is 0 Å². The van der Waals surface area contributed by atoms with Crippen LogP contribution in [0, 0.1) is 5.92 Å². The molecule has 0 aliphatic carbocycles. The summed E-state index contributed by atoms with van der Waals surface area (Å²) in [6.45, 7) is 7.85. The Balaban J connectivity index is 2.52. The maximum absolute atomic E-state index is 11.9. The molecule has 1 aromatic carbocycles. The molecule has 0 radical (unpaired) electrons. The number of hydrogen-bond donors (Lipinski definition) is 4. The minimum atomic E-state index is -0.575. The highest BCUT2D eigenvalue weighted by atomic mass is 16.2. The highest BCUT2D eigenvalue weighted by Crippen LogP contribution is 2.15. The fourth-order valence-electron chi connectivity index (χ4n) is 1.97. The van der Waals surface area contributed by atoms with E-state index in [0.29, 0.717) is 24.6 Å². The predicted molar refractivity (Wildman–Crippen MR) is 94.8 cm³/mol. The standard InChI is InChI=1S/C17H26N4O3/c1-5-18-17(24)21-16(23)12(4)19-13-6-8-14(9-7-13)20-15(22)10-11(2)3/h6-9,11-12,19H,5,10H2,1-4H3,(H,20,22)(H2,18,21,23,24). The summed E-state index contributed by atoms with van der Waals surface area (Å²) in [7, 11) is 0. The predicted octanol–water partition coefficient (Wildman–Crippen LogP) is 2.32. The van der Waals surface area contributed by atoms with Crippen molar-refractivity contribution in [2.24, 2.45) is 5.92 Å². The second kappa shape index (κ2) is 9.54. The van der Waals surface area contributed by atoms with Crippen molar-refractivity contribution in [2.75, 3.05) is 17.2 Å². The molecule has 0 bridgehead atoms. The average molecular weight is 334 g/mol. The molecule has 0 aromatic heterocycles. The van der Waals surface area contributed by atoms with Crippen LogP contribution >= 0.6 is 0 Å². The number of nitrogens with one attached hydrogen (secondary N) is 4. The molecular formula is C17H26N4O3. The normalized spacial score (nSPS) is 11.5. The number of amides is 4. The maximum atomic E-state index is 11.9. The Bertz CT molecular complexity index is 570. The van der Waals surface area contributed by atoms with Crippen LogP contribution in [0.15, 0.2) is 24.3 Å². The average Bonchev–Trinajstić information content (AvgIpc) is 2.48. The van der Waals surface area contributed by atoms with Crippen molar-refractivity contribution in [1.29, 1.82) is 0 Å². The number of benzene rings is 1. The van der Waals surface area contributed by atoms with Gasteiger partial charge in [-0.1, -0.05) is 13.8 Å². The fourth-order valence-corrected chi connectivity index (χ4v) is 1.97. The summed E-state index contributed by atoms with van der Waals surface area (Å²) >= 11 is 0. The lowest BCUT2D eigenvalue weighted by Gasteiger charge is -2.15. The van der Waals surface area contributed by atoms with Gasteiger partial charge in [0, 0.05) is 24.3 Å². The molecule has 7 heteroatoms. The highest BCUT2D eigenvalue weighted by Gasteiger charge is 2.15. The molecule has 4 N–H and O–H groups in total. The topological polar surface area (TPSA) is 99.3 Å². The monoisotopic (exact) mass is 334 g/mol. The molecule has 7 nitrogen and oxygen atoms in total. The van der Waals surface area contributed by atoms with Crippen LogP contribution in [0.4, 0.5) is 16.2 Å². The molecular weight excluding hydrogens is 308 g/mol. The van der Waals surface area contributed by atoms with Gasteiger partial charge in [0.2, 0.25) is 11.8 Å². The lowest BCUT2D eigenvalue weighted by atomic mass is 10.1. The maximum Gasteiger partial charge on any atom is 0.321 e. The molecule has 0 fully saturated rings. The summed E-state index contributed by atoms with van der Waals surface area (Å²) < 4.78 is 0. The van der Waals surface area contributed by atoms with E-state index in [9.17, 15) is 14.4 Å². The molecule has 4 amide bonds. The van der Waals surface area contributed by atoms with Gasteiger partial charge < -0.3 is 16.0 Å². The zero-order chi connectivity index (χ0) is 18.1. The van der Waals surface area contributed by atoms with Crippen molar-refractivity contribution >= 4 is 29.2 Å². The van der Waals surface area contributed by atoms with Gasteiger partial charge in [-0.15, -0.1) is 0 Å². The summed E-state index contributed by atoms with van der Waals surface area (Å²) in [4.78, 5) is 34.9. The Kier molecular flexibility index (Phi) is 7.74. The Labute approximate surface area is 142 Å². The van der Waals surface area contributed by atoms with E-state index in [1.807, 2.05) is 13.8 Å². The molecule has 1 atom stereocenters. The van der Waals surface area contributed by atoms with Gasteiger partial charge in [0.05, 0.1) is 0 Å². The molecule has 1 unspecified atom stereocenters. The smallest absolute Gasteiger partial charge is 0.321 e. The zero-order valence-corrected chi connectivity index (χ0v) is 14.6.